The van der Waals surface area contributed by atoms with E-state index >= 15 is 0 Å². The highest BCUT2D eigenvalue weighted by Crippen LogP contribution is 2.55. The maximum Gasteiger partial charge on any atom is 0.127 e. The normalized spacial score (nSPS) is 13.3. The number of aryl methyl sites for hydroxylation is 1. The van der Waals surface area contributed by atoms with Crippen molar-refractivity contribution in [1.29, 1.82) is 0 Å². The molecule has 0 bridgehead atoms. The van der Waals surface area contributed by atoms with Gasteiger partial charge in [0.1, 0.15) is 12.0 Å². The van der Waals surface area contributed by atoms with Crippen molar-refractivity contribution in [2.75, 3.05) is 30.9 Å². The molecule has 1 aliphatic rings. The number of hydrogen-bond donors (Lipinski definition) is 2. The minimum absolute atomic E-state index is 0.151. The molecule has 48 heavy (non-hydrogen) atoms. The van der Waals surface area contributed by atoms with E-state index in [1.807, 2.05) is 18.2 Å². The molecule has 0 unspecified atom stereocenters. The van der Waals surface area contributed by atoms with E-state index in [1.54, 1.807) is 32.7 Å². The Balaban J connectivity index is 0.000000818. The van der Waals surface area contributed by atoms with Crippen molar-refractivity contribution in [1.82, 2.24) is 0 Å². The lowest BCUT2D eigenvalue weighted by Crippen LogP contribution is -2.26. The van der Waals surface area contributed by atoms with Gasteiger partial charge in [-0.15, -0.1) is 0 Å². The molecule has 0 saturated carbocycles. The summed E-state index contributed by atoms with van der Waals surface area (Å²) < 4.78 is 14.8. The predicted molar refractivity (Wildman–Crippen MR) is 202 cm³/mol. The van der Waals surface area contributed by atoms with E-state index < -0.39 is 5.60 Å². The van der Waals surface area contributed by atoms with Crippen molar-refractivity contribution in [2.24, 2.45) is 0 Å². The maximum absolute atomic E-state index is 11.9. The molecule has 0 amide bonds. The van der Waals surface area contributed by atoms with Gasteiger partial charge >= 0.3 is 0 Å². The largest absolute Gasteiger partial charge is 0.493 e. The van der Waals surface area contributed by atoms with Crippen LogP contribution in [0.2, 0.25) is 0 Å². The molecule has 6 nitrogen and oxygen atoms in total. The number of aldehydes is 1. The van der Waals surface area contributed by atoms with Crippen LogP contribution < -0.4 is 9.04 Å². The van der Waals surface area contributed by atoms with Gasteiger partial charge in [0.25, 0.3) is 0 Å². The molecular weight excluding hydrogens is 619 g/mol. The van der Waals surface area contributed by atoms with Gasteiger partial charge in [0.15, 0.2) is 0 Å². The Kier molecular flexibility index (Phi) is 14.7. The van der Waals surface area contributed by atoms with E-state index in [1.165, 1.54) is 33.5 Å². The minimum Gasteiger partial charge on any atom is -0.493 e. The third-order valence-electron chi connectivity index (χ3n) is 8.05. The van der Waals surface area contributed by atoms with Crippen LogP contribution in [-0.4, -0.2) is 48.7 Å². The van der Waals surface area contributed by atoms with Crippen LogP contribution in [0.5, 0.6) is 5.75 Å². The van der Waals surface area contributed by atoms with Gasteiger partial charge in [-0.2, -0.15) is 0 Å². The molecule has 0 aliphatic carbocycles. The summed E-state index contributed by atoms with van der Waals surface area (Å²) in [4.78, 5) is 11.9. The molecular formula is C41H53NO5S. The van der Waals surface area contributed by atoms with Gasteiger partial charge in [-0.1, -0.05) is 84.2 Å². The number of fused-ring (bicyclic) bond motifs is 3. The molecule has 5 rings (SSSR count). The van der Waals surface area contributed by atoms with Crippen LogP contribution in [0.3, 0.4) is 0 Å². The van der Waals surface area contributed by atoms with Crippen LogP contribution in [0.15, 0.2) is 72.8 Å². The van der Waals surface area contributed by atoms with Gasteiger partial charge in [-0.05, 0) is 93.5 Å². The second-order valence-corrected chi connectivity index (χ2v) is 13.6. The quantitative estimate of drug-likeness (QED) is 0.0935. The fraction of sp³-hybridized carbons (Fsp3) is 0.390. The molecule has 1 atom stereocenters. The molecule has 2 N–H and O–H groups in total. The van der Waals surface area contributed by atoms with E-state index in [9.17, 15) is 4.79 Å². The first-order valence-corrected chi connectivity index (χ1v) is 17.7. The molecule has 0 saturated heterocycles. The number of ether oxygens (including phenoxy) is 2. The fourth-order valence-corrected chi connectivity index (χ4v) is 6.88. The summed E-state index contributed by atoms with van der Waals surface area (Å²) in [6, 6.07) is 25.5. The molecule has 7 heteroatoms. The van der Waals surface area contributed by atoms with Gasteiger partial charge in [-0.3, -0.25) is 0 Å². The van der Waals surface area contributed by atoms with E-state index in [-0.39, 0.29) is 6.04 Å². The zero-order valence-corrected chi connectivity index (χ0v) is 30.9. The summed E-state index contributed by atoms with van der Waals surface area (Å²) in [6.07, 6.45) is 4.35. The highest BCUT2D eigenvalue weighted by Gasteiger charge is 2.35. The SMILES string of the molecule is CC(C)(C)O.CO.CSN1c2c(C)c(CC=O)c(-c3ccc(C)cc3)c(C)c2-c2c(OCCCOCc3ccccc3)cccc2[C@H]1C. The fourth-order valence-electron chi connectivity index (χ4n) is 6.04. The van der Waals surface area contributed by atoms with E-state index in [0.717, 1.165) is 53.4 Å². The van der Waals surface area contributed by atoms with Gasteiger partial charge in [0, 0.05) is 37.3 Å². The number of carbonyl (C=O) groups excluding carboxylic acids is 1. The Labute approximate surface area is 292 Å². The Morgan fingerprint density at radius 1 is 0.854 bits per heavy atom. The summed E-state index contributed by atoms with van der Waals surface area (Å²) in [5, 5.41) is 15.5. The van der Waals surface area contributed by atoms with Gasteiger partial charge in [-0.25, -0.2) is 0 Å². The molecule has 1 aliphatic heterocycles. The van der Waals surface area contributed by atoms with Crippen molar-refractivity contribution in [2.45, 2.75) is 79.6 Å². The third kappa shape index (κ3) is 9.73. The Bertz CT molecular complexity index is 1610. The Morgan fingerprint density at radius 3 is 2.10 bits per heavy atom. The molecule has 258 valence electrons. The van der Waals surface area contributed by atoms with Gasteiger partial charge in [0.2, 0.25) is 0 Å². The minimum atomic E-state index is -0.500. The van der Waals surface area contributed by atoms with Crippen molar-refractivity contribution in [3.63, 3.8) is 0 Å². The van der Waals surface area contributed by atoms with Crippen LogP contribution in [0.25, 0.3) is 22.3 Å². The summed E-state index contributed by atoms with van der Waals surface area (Å²) in [6.45, 7) is 15.8. The van der Waals surface area contributed by atoms with E-state index in [4.69, 9.17) is 19.7 Å². The monoisotopic (exact) mass is 671 g/mol. The number of anilines is 1. The number of benzene rings is 4. The summed E-state index contributed by atoms with van der Waals surface area (Å²) in [7, 11) is 1.00. The zero-order chi connectivity index (χ0) is 35.4. The molecule has 4 aromatic rings. The average Bonchev–Trinajstić information content (AvgIpc) is 3.06. The third-order valence-corrected chi connectivity index (χ3v) is 8.95. The van der Waals surface area contributed by atoms with Crippen molar-refractivity contribution in [3.8, 4) is 28.0 Å². The summed E-state index contributed by atoms with van der Waals surface area (Å²) in [5.74, 6) is 0.903. The lowest BCUT2D eigenvalue weighted by Gasteiger charge is -2.40. The van der Waals surface area contributed by atoms with Gasteiger partial charge in [0.05, 0.1) is 37.2 Å². The number of nitrogens with zero attached hydrogens (tertiary/aromatic N) is 1. The number of carbonyl (C=O) groups is 1. The van der Waals surface area contributed by atoms with Gasteiger partial charge < -0.3 is 28.8 Å². The van der Waals surface area contributed by atoms with Crippen LogP contribution in [-0.2, 0) is 22.6 Å². The Morgan fingerprint density at radius 2 is 1.50 bits per heavy atom. The van der Waals surface area contributed by atoms with Crippen LogP contribution in [0, 0.1) is 20.8 Å². The van der Waals surface area contributed by atoms with Crippen molar-refractivity contribution >= 4 is 23.9 Å². The number of aliphatic hydroxyl groups is 2. The smallest absolute Gasteiger partial charge is 0.127 e. The standard InChI is InChI=1S/C36H39NO3S.C4H10O.CH4O/c1-24-15-17-29(18-16-24)33-26(3)34-35-31(27(4)37(41-5)36(34)25(2)30(33)19-20-38)13-9-14-32(35)40-22-10-21-39-23-28-11-7-6-8-12-28;1-4(2,3)5;1-2/h6-9,11-18,20,27H,10,19,21-23H2,1-5H3;5H,1-3H3;2H,1H3/t27-;;/m1../s1. The maximum atomic E-state index is 11.9. The first kappa shape index (κ1) is 38.8. The lowest BCUT2D eigenvalue weighted by molar-refractivity contribution is -0.107. The highest BCUT2D eigenvalue weighted by atomic mass is 32.2. The van der Waals surface area contributed by atoms with Crippen LogP contribution in [0.4, 0.5) is 5.69 Å². The predicted octanol–water partition coefficient (Wildman–Crippen LogP) is 9.22. The van der Waals surface area contributed by atoms with E-state index in [0.29, 0.717) is 26.2 Å². The molecule has 0 radical (unpaired) electrons. The Hall–Kier alpha value is -3.62. The van der Waals surface area contributed by atoms with Crippen molar-refractivity contribution < 1.29 is 24.5 Å². The topological polar surface area (TPSA) is 79.2 Å². The first-order valence-electron chi connectivity index (χ1n) is 16.5. The second-order valence-electron chi connectivity index (χ2n) is 12.9. The average molecular weight is 672 g/mol. The molecule has 0 fully saturated rings. The van der Waals surface area contributed by atoms with Crippen molar-refractivity contribution in [3.05, 3.63) is 106 Å². The first-order chi connectivity index (χ1) is 23.0. The summed E-state index contributed by atoms with van der Waals surface area (Å²) in [5.41, 5.74) is 12.4. The zero-order valence-electron chi connectivity index (χ0n) is 30.1. The number of rotatable bonds is 11. The lowest BCUT2D eigenvalue weighted by atomic mass is 9.79. The molecule has 0 spiro atoms. The number of aliphatic hydroxyl groups excluding tert-OH is 1. The molecule has 1 heterocycles. The van der Waals surface area contributed by atoms with E-state index in [2.05, 4.69) is 92.9 Å². The van der Waals surface area contributed by atoms with Crippen LogP contribution >= 0.6 is 11.9 Å². The summed E-state index contributed by atoms with van der Waals surface area (Å²) >= 11 is 1.73. The van der Waals surface area contributed by atoms with Crippen LogP contribution in [0.1, 0.15) is 73.5 Å². The molecule has 4 aromatic carbocycles. The molecule has 0 aromatic heterocycles. The highest BCUT2D eigenvalue weighted by molar-refractivity contribution is 8.00. The number of hydrogen-bond acceptors (Lipinski definition) is 7. The second kappa shape index (κ2) is 18.2.